The molecule has 2 aromatic heterocycles. The average molecular weight is 1020 g/mol. The van der Waals surface area contributed by atoms with Crippen molar-refractivity contribution >= 4 is 124 Å². The number of nitrogens with zero attached hydrogens (tertiary/aromatic N) is 2. The summed E-state index contributed by atoms with van der Waals surface area (Å²) in [7, 11) is 0. The highest BCUT2D eigenvalue weighted by molar-refractivity contribution is 7.02. The van der Waals surface area contributed by atoms with Gasteiger partial charge < -0.3 is 28.1 Å². The van der Waals surface area contributed by atoms with Crippen LogP contribution in [0.3, 0.4) is 0 Å². The van der Waals surface area contributed by atoms with Gasteiger partial charge in [0.05, 0.1) is 22.0 Å². The summed E-state index contributed by atoms with van der Waals surface area (Å²) in [5, 5.41) is 4.03. The Hall–Kier alpha value is -10.4. The molecule has 6 heterocycles. The van der Waals surface area contributed by atoms with Gasteiger partial charge in [-0.15, -0.1) is 0 Å². The second-order valence-corrected chi connectivity index (χ2v) is 21.3. The largest absolute Gasteiger partial charge is 0.457 e. The van der Waals surface area contributed by atoms with Crippen molar-refractivity contribution in [2.45, 2.75) is 0 Å². The van der Waals surface area contributed by atoms with E-state index in [1.165, 1.54) is 10.9 Å². The molecule has 4 aliphatic heterocycles. The van der Waals surface area contributed by atoms with E-state index in [-0.39, 0.29) is 13.4 Å². The molecule has 0 amide bonds. The summed E-state index contributed by atoms with van der Waals surface area (Å²) in [5.74, 6) is 3.02. The van der Waals surface area contributed by atoms with Crippen LogP contribution in [0.2, 0.25) is 0 Å². The summed E-state index contributed by atoms with van der Waals surface area (Å²) < 4.78 is 29.7. The maximum absolute atomic E-state index is 7.95. The Kier molecular flexibility index (Phi) is 9.03. The number of fused-ring (bicyclic) bond motifs is 16. The molecule has 4 aliphatic rings. The maximum atomic E-state index is 7.95. The number of para-hydroxylation sites is 6. The number of hydrogen-bond acceptors (Lipinski definition) is 6. The Balaban J connectivity index is 0.980. The van der Waals surface area contributed by atoms with Gasteiger partial charge in [-0.3, -0.25) is 0 Å². The fraction of sp³-hybridized carbons (Fsp3) is 0. The van der Waals surface area contributed by atoms with Crippen LogP contribution in [0.1, 0.15) is 0 Å². The fourth-order valence-electron chi connectivity index (χ4n) is 14.0. The predicted molar refractivity (Wildman–Crippen MR) is 329 cm³/mol. The summed E-state index contributed by atoms with van der Waals surface area (Å²) in [6.45, 7) is -0.488. The first kappa shape index (κ1) is 43.6. The van der Waals surface area contributed by atoms with E-state index in [1.54, 1.807) is 0 Å². The van der Waals surface area contributed by atoms with E-state index in [0.717, 1.165) is 156 Å². The number of hydrogen-bond donors (Lipinski definition) is 0. The minimum absolute atomic E-state index is 0.203. The van der Waals surface area contributed by atoms with E-state index in [1.807, 2.05) is 12.1 Å². The molecule has 12 aromatic carbocycles. The van der Waals surface area contributed by atoms with Crippen LogP contribution in [0.25, 0.3) is 77.3 Å². The lowest BCUT2D eigenvalue weighted by molar-refractivity contribution is 0.469. The van der Waals surface area contributed by atoms with Crippen molar-refractivity contribution in [1.29, 1.82) is 0 Å². The quantitative estimate of drug-likeness (QED) is 0.160. The van der Waals surface area contributed by atoms with Crippen molar-refractivity contribution in [1.82, 2.24) is 0 Å². The summed E-state index contributed by atoms with van der Waals surface area (Å²) in [5.41, 5.74) is 22.5. The first-order valence-corrected chi connectivity index (χ1v) is 27.4. The molecule has 0 fully saturated rings. The van der Waals surface area contributed by atoms with Crippen LogP contribution in [0.5, 0.6) is 23.0 Å². The van der Waals surface area contributed by atoms with Gasteiger partial charge in [0, 0.05) is 56.9 Å². The number of benzene rings is 12. The van der Waals surface area contributed by atoms with Crippen molar-refractivity contribution < 1.29 is 18.3 Å². The molecule has 0 radical (unpaired) electrons. The first-order chi connectivity index (χ1) is 39.7. The zero-order chi connectivity index (χ0) is 52.2. The number of rotatable bonds is 5. The monoisotopic (exact) mass is 1020 g/mol. The molecule has 14 aromatic rings. The molecule has 370 valence electrons. The van der Waals surface area contributed by atoms with Crippen LogP contribution in [0.15, 0.2) is 264 Å². The van der Waals surface area contributed by atoms with Gasteiger partial charge >= 0.3 is 0 Å². The standard InChI is InChI=1S/C72H42B2N2O4/c1-5-22-43(23-6-1)47-32-21-33-48(44-24-7-2-8-25-44)63(47)66-70-65(50-31-14-20-39-59(50)78-70)69-68-72(66)80-61-42-60-53(40-54(61)74(68)52-35-16-18-37-56(52)76(69)46-28-11-4-12-29-46)73-51-34-15-17-36-55(51)75(45-26-9-3-10-27-45)57-41-62-64(71(79-60)67(57)73)49-30-13-19-38-58(49)77-62/h1-42H. The number of ether oxygens (including phenoxy) is 2. The SMILES string of the molecule is c1ccc(-c2cccc(-c3ccccc3)c2-c2c3c4c(c5c2oc2ccccc25)N(c2ccccc2)c2ccccc2B4c2cc4c(cc2O3)Oc2c3c(cc5oc6ccccc6c25)N(c2ccccc2)c2ccccc2B43)cc1. The van der Waals surface area contributed by atoms with Crippen molar-refractivity contribution in [3.8, 4) is 56.4 Å². The van der Waals surface area contributed by atoms with Gasteiger partial charge in [-0.05, 0) is 104 Å². The van der Waals surface area contributed by atoms with Crippen LogP contribution < -0.4 is 52.1 Å². The number of anilines is 6. The van der Waals surface area contributed by atoms with Gasteiger partial charge in [-0.1, -0.05) is 194 Å². The van der Waals surface area contributed by atoms with Gasteiger partial charge in [0.25, 0.3) is 13.4 Å². The Morgan fingerprint density at radius 2 is 0.825 bits per heavy atom. The van der Waals surface area contributed by atoms with Crippen LogP contribution in [0.4, 0.5) is 34.1 Å². The van der Waals surface area contributed by atoms with Crippen LogP contribution in [-0.2, 0) is 0 Å². The zero-order valence-corrected chi connectivity index (χ0v) is 42.9. The number of furan rings is 2. The van der Waals surface area contributed by atoms with Gasteiger partial charge in [-0.25, -0.2) is 0 Å². The molecule has 6 nitrogen and oxygen atoms in total. The Morgan fingerprint density at radius 3 is 1.46 bits per heavy atom. The molecule has 0 spiro atoms. The Morgan fingerprint density at radius 1 is 0.325 bits per heavy atom. The molecule has 0 saturated carbocycles. The van der Waals surface area contributed by atoms with Crippen molar-refractivity contribution in [3.63, 3.8) is 0 Å². The minimum atomic E-state index is -0.285. The molecule has 0 atom stereocenters. The lowest BCUT2D eigenvalue weighted by Crippen LogP contribution is -2.63. The molecule has 18 rings (SSSR count). The van der Waals surface area contributed by atoms with Crippen LogP contribution in [0, 0.1) is 0 Å². The van der Waals surface area contributed by atoms with E-state index in [2.05, 4.69) is 252 Å². The van der Waals surface area contributed by atoms with Crippen LogP contribution in [-0.4, -0.2) is 13.4 Å². The second-order valence-electron chi connectivity index (χ2n) is 21.3. The van der Waals surface area contributed by atoms with Gasteiger partial charge in [-0.2, -0.15) is 0 Å². The molecule has 0 N–H and O–H groups in total. The highest BCUT2D eigenvalue weighted by Crippen LogP contribution is 2.56. The van der Waals surface area contributed by atoms with E-state index in [4.69, 9.17) is 18.3 Å². The molecule has 80 heavy (non-hydrogen) atoms. The maximum Gasteiger partial charge on any atom is 0.256 e. The third-order valence-electron chi connectivity index (χ3n) is 17.1. The minimum Gasteiger partial charge on any atom is -0.457 e. The second kappa shape index (κ2) is 16.5. The highest BCUT2D eigenvalue weighted by Gasteiger charge is 2.49. The summed E-state index contributed by atoms with van der Waals surface area (Å²) in [6.07, 6.45) is 0. The summed E-state index contributed by atoms with van der Waals surface area (Å²) in [6, 6.07) is 91.0. The third-order valence-corrected chi connectivity index (χ3v) is 17.1. The Labute approximate surface area is 461 Å². The van der Waals surface area contributed by atoms with Gasteiger partial charge in [0.15, 0.2) is 0 Å². The van der Waals surface area contributed by atoms with Crippen LogP contribution >= 0.6 is 0 Å². The van der Waals surface area contributed by atoms with Crippen molar-refractivity contribution in [2.75, 3.05) is 9.80 Å². The van der Waals surface area contributed by atoms with Crippen molar-refractivity contribution in [3.05, 3.63) is 255 Å². The van der Waals surface area contributed by atoms with Crippen molar-refractivity contribution in [2.24, 2.45) is 0 Å². The normalized spacial score (nSPS) is 13.3. The lowest BCUT2D eigenvalue weighted by Gasteiger charge is -2.42. The molecule has 0 saturated heterocycles. The first-order valence-electron chi connectivity index (χ1n) is 27.4. The summed E-state index contributed by atoms with van der Waals surface area (Å²) in [4.78, 5) is 4.83. The van der Waals surface area contributed by atoms with E-state index >= 15 is 0 Å². The summed E-state index contributed by atoms with van der Waals surface area (Å²) >= 11 is 0. The third kappa shape index (κ3) is 5.99. The molecule has 0 bridgehead atoms. The highest BCUT2D eigenvalue weighted by atomic mass is 16.5. The molecular weight excluding hydrogens is 978 g/mol. The van der Waals surface area contributed by atoms with Gasteiger partial charge in [0.1, 0.15) is 45.3 Å². The van der Waals surface area contributed by atoms with E-state index in [9.17, 15) is 0 Å². The Bertz CT molecular complexity index is 4870. The zero-order valence-electron chi connectivity index (χ0n) is 42.9. The van der Waals surface area contributed by atoms with E-state index < -0.39 is 0 Å². The topological polar surface area (TPSA) is 51.2 Å². The lowest BCUT2D eigenvalue weighted by atomic mass is 9.31. The van der Waals surface area contributed by atoms with E-state index in [0.29, 0.717) is 0 Å². The molecule has 0 aliphatic carbocycles. The average Bonchev–Trinajstić information content (AvgIpc) is 3.72. The predicted octanol–water partition coefficient (Wildman–Crippen LogP) is 15.3. The molecular formula is C72H42B2N2O4. The smallest absolute Gasteiger partial charge is 0.256 e. The molecule has 0 unspecified atom stereocenters. The fourth-order valence-corrected chi connectivity index (χ4v) is 14.0. The van der Waals surface area contributed by atoms with Gasteiger partial charge in [0.2, 0.25) is 0 Å². The molecule has 8 heteroatoms.